The van der Waals surface area contributed by atoms with Crippen molar-refractivity contribution in [1.29, 1.82) is 0 Å². The number of non-ortho nitro benzene ring substituents is 1. The molecule has 42 heavy (non-hydrogen) atoms. The second-order valence-electron chi connectivity index (χ2n) is 8.57. The van der Waals surface area contributed by atoms with E-state index in [1.165, 1.54) is 25.3 Å². The molecule has 0 saturated carbocycles. The van der Waals surface area contributed by atoms with E-state index < -0.39 is 89.7 Å². The van der Waals surface area contributed by atoms with Crippen LogP contribution in [0.4, 0.5) is 20.2 Å². The molecule has 0 aliphatic carbocycles. The molecule has 0 saturated heterocycles. The van der Waals surface area contributed by atoms with E-state index in [0.29, 0.717) is 12.1 Å². The second-order valence-corrected chi connectivity index (χ2v) is 8.57. The van der Waals surface area contributed by atoms with Crippen molar-refractivity contribution in [2.24, 2.45) is 0 Å². The number of rotatable bonds is 10. The van der Waals surface area contributed by atoms with Crippen molar-refractivity contribution >= 4 is 147 Å². The minimum atomic E-state index is -1.40. The van der Waals surface area contributed by atoms with E-state index in [0.717, 1.165) is 0 Å². The number of aromatic hydroxyl groups is 2. The van der Waals surface area contributed by atoms with Gasteiger partial charge in [0.1, 0.15) is 0 Å². The predicted molar refractivity (Wildman–Crippen MR) is 185 cm³/mol. The molecular formula is C13H12B19F2N2O6. The molecule has 0 aromatic heterocycles. The van der Waals surface area contributed by atoms with E-state index in [4.69, 9.17) is 87.6 Å². The third kappa shape index (κ3) is 13.1. The van der Waals surface area contributed by atoms with Crippen molar-refractivity contribution in [2.75, 3.05) is 0 Å². The highest BCUT2D eigenvalue weighted by Crippen LogP contribution is 2.32. The number of hydrogen-bond donors (Lipinski definition) is 2. The van der Waals surface area contributed by atoms with Gasteiger partial charge in [0.05, 0.1) is 22.0 Å². The Morgan fingerprint density at radius 3 is 1.43 bits per heavy atom. The van der Waals surface area contributed by atoms with Crippen LogP contribution >= 0.6 is 0 Å². The summed E-state index contributed by atoms with van der Waals surface area (Å²) in [6.07, 6.45) is -5.72. The third-order valence-corrected chi connectivity index (χ3v) is 5.62. The molecule has 0 heterocycles. The Balaban J connectivity index is 0. The van der Waals surface area contributed by atoms with E-state index in [-0.39, 0.29) is 13.2 Å². The maximum atomic E-state index is 12.7. The number of para-hydroxylation sites is 1. The molecule has 0 fully saturated rings. The van der Waals surface area contributed by atoms with Gasteiger partial charge in [-0.1, -0.05) is 19.6 Å². The zero-order chi connectivity index (χ0) is 32.2. The molecule has 29 heteroatoms. The molecule has 0 unspecified atom stereocenters. The van der Waals surface area contributed by atoms with Gasteiger partial charge in [0, 0.05) is 136 Å². The summed E-state index contributed by atoms with van der Waals surface area (Å²) in [6, 6.07) is 6.48. The largest absolute Gasteiger partial charge is 0.505 e. The fraction of sp³-hybridized carbons (Fsp3) is 0.0769. The Morgan fingerprint density at radius 1 is 0.714 bits per heavy atom. The first-order valence-corrected chi connectivity index (χ1v) is 11.5. The van der Waals surface area contributed by atoms with Gasteiger partial charge in [-0.15, -0.1) is 0 Å². The number of phenolic OH excluding ortho intramolecular Hbond substituents is 2. The van der Waals surface area contributed by atoms with Crippen LogP contribution in [0.3, 0.4) is 0 Å². The molecule has 0 spiro atoms. The van der Waals surface area contributed by atoms with E-state index in [2.05, 4.69) is 0 Å². The number of nitro benzene ring substituents is 2. The van der Waals surface area contributed by atoms with Gasteiger partial charge in [-0.3, -0.25) is 20.2 Å². The average molecular weight is 536 g/mol. The number of hydrogen-bond acceptors (Lipinski definition) is 6. The first-order valence-electron chi connectivity index (χ1n) is 11.5. The summed E-state index contributed by atoms with van der Waals surface area (Å²) in [7, 11) is 58.4. The smallest absolute Gasteiger partial charge is 0.320 e. The van der Waals surface area contributed by atoms with Gasteiger partial charge < -0.3 is 10.2 Å². The Morgan fingerprint density at radius 2 is 1.14 bits per heavy atom. The Kier molecular flexibility index (Phi) is 20.0. The van der Waals surface area contributed by atoms with E-state index in [1.807, 2.05) is 0 Å². The maximum absolute atomic E-state index is 12.7. The molecule has 2 aromatic rings. The topological polar surface area (TPSA) is 127 Å². The minimum Gasteiger partial charge on any atom is -0.505 e. The van der Waals surface area contributed by atoms with Gasteiger partial charge >= 0.3 is 5.69 Å². The molecule has 0 bridgehead atoms. The first kappa shape index (κ1) is 42.1. The van der Waals surface area contributed by atoms with Crippen LogP contribution in [0.25, 0.3) is 0 Å². The van der Waals surface area contributed by atoms with Crippen LogP contribution in [-0.4, -0.2) is 156 Å². The molecule has 21 radical (unpaired) electrons. The zero-order valence-electron chi connectivity index (χ0n) is 21.6. The third-order valence-electron chi connectivity index (χ3n) is 5.62. The van der Waals surface area contributed by atoms with Crippen LogP contribution in [0, 0.1) is 31.9 Å². The van der Waals surface area contributed by atoms with Crippen LogP contribution in [0.1, 0.15) is 7.43 Å². The standard InChI is InChI=1S/C6H3FN2O5.C6H5FO.CH4.B19/c7-4-1-3(8(11)12)2-5(6(4)10)9(13)14;7-5-3-1-2-4-6(5)8;;1-11-16(10)19(17(12(2)3)13(4)5)18(14(6)7)15(8)9/h1-2,10H;1-4,8H;1H4;. The molecule has 8 nitrogen and oxygen atoms in total. The van der Waals surface area contributed by atoms with Crippen molar-refractivity contribution < 1.29 is 28.8 Å². The summed E-state index contributed by atoms with van der Waals surface area (Å²) < 4.78 is 24.8. The molecule has 0 aliphatic heterocycles. The predicted octanol–water partition coefficient (Wildman–Crippen LogP) is -3.72. The van der Waals surface area contributed by atoms with Crippen molar-refractivity contribution in [3.05, 3.63) is 68.3 Å². The number of nitro groups is 2. The van der Waals surface area contributed by atoms with Crippen molar-refractivity contribution in [3.63, 3.8) is 0 Å². The Hall–Kier alpha value is -2.07. The lowest BCUT2D eigenvalue weighted by Crippen LogP contribution is -2.79. The van der Waals surface area contributed by atoms with Crippen molar-refractivity contribution in [2.45, 2.75) is 7.43 Å². The number of benzene rings is 2. The maximum Gasteiger partial charge on any atom is 0.320 e. The highest BCUT2D eigenvalue weighted by Gasteiger charge is 2.42. The second kappa shape index (κ2) is 20.0. The van der Waals surface area contributed by atoms with Gasteiger partial charge in [0.2, 0.25) is 5.75 Å². The molecule has 0 aliphatic rings. The molecule has 2 N–H and O–H groups in total. The van der Waals surface area contributed by atoms with Crippen molar-refractivity contribution in [1.82, 2.24) is 0 Å². The van der Waals surface area contributed by atoms with E-state index in [9.17, 15) is 29.0 Å². The number of nitrogens with zero attached hydrogens (tertiary/aromatic N) is 2. The number of phenols is 2. The SMILES string of the molecule is C.O=[N+]([O-])c1cc(F)c(O)c([N+](=O)[O-])c1.Oc1ccccc1F.[B][B]B([B])B(B(B([B])[B])B([B])[B])B(B([B])[B])B([B])[B]. The van der Waals surface area contributed by atoms with Crippen LogP contribution < -0.4 is 0 Å². The van der Waals surface area contributed by atoms with E-state index >= 15 is 0 Å². The summed E-state index contributed by atoms with van der Waals surface area (Å²) in [4.78, 5) is 18.3. The van der Waals surface area contributed by atoms with Gasteiger partial charge in [-0.05, 0) is 12.1 Å². The highest BCUT2D eigenvalue weighted by atomic mass is 19.1. The van der Waals surface area contributed by atoms with Crippen LogP contribution in [0.15, 0.2) is 36.4 Å². The zero-order valence-corrected chi connectivity index (χ0v) is 21.6. The molecule has 0 amide bonds. The average Bonchev–Trinajstić information content (AvgIpc) is 2.86. The van der Waals surface area contributed by atoms with Gasteiger partial charge in [-0.25, -0.2) is 8.78 Å². The van der Waals surface area contributed by atoms with Crippen LogP contribution in [0.5, 0.6) is 11.5 Å². The molecule has 2 rings (SSSR count). The number of halogens is 2. The van der Waals surface area contributed by atoms with Gasteiger partial charge in [-0.2, -0.15) is 0 Å². The van der Waals surface area contributed by atoms with Gasteiger partial charge in [0.25, 0.3) is 5.69 Å². The molecule has 0 atom stereocenters. The summed E-state index contributed by atoms with van der Waals surface area (Å²) in [6.45, 7) is 0. The summed E-state index contributed by atoms with van der Waals surface area (Å²) in [5, 5.41) is 37.8. The summed E-state index contributed by atoms with van der Waals surface area (Å²) >= 11 is 0. The Labute approximate surface area is 262 Å². The lowest BCUT2D eigenvalue weighted by molar-refractivity contribution is -0.395. The van der Waals surface area contributed by atoms with Crippen LogP contribution in [-0.2, 0) is 0 Å². The fourth-order valence-electron chi connectivity index (χ4n) is 3.70. The van der Waals surface area contributed by atoms with Crippen LogP contribution in [0.2, 0.25) is 0 Å². The molecular weight excluding hydrogens is 524 g/mol. The fourth-order valence-corrected chi connectivity index (χ4v) is 3.70. The monoisotopic (exact) mass is 539 g/mol. The van der Waals surface area contributed by atoms with Crippen molar-refractivity contribution in [3.8, 4) is 11.5 Å². The normalized spacial score (nSPS) is 9.10. The first-order chi connectivity index (χ1) is 18.9. The summed E-state index contributed by atoms with van der Waals surface area (Å²) in [5.41, 5.74) is -1.82. The lowest BCUT2D eigenvalue weighted by Gasteiger charge is -2.41. The minimum absolute atomic E-state index is 0. The van der Waals surface area contributed by atoms with E-state index in [1.54, 1.807) is 6.07 Å². The molecule has 2 aromatic carbocycles. The molecule has 181 valence electrons. The highest BCUT2D eigenvalue weighted by molar-refractivity contribution is 8.18. The van der Waals surface area contributed by atoms with Gasteiger partial charge in [0.15, 0.2) is 17.4 Å². The quantitative estimate of drug-likeness (QED) is 0.183. The summed E-state index contributed by atoms with van der Waals surface area (Å²) in [5.74, 6) is -3.48. The lowest BCUT2D eigenvalue weighted by atomic mass is 8.40. The Bertz CT molecular complexity index is 1080.